The Kier molecular flexibility index (Phi) is 13.5. The minimum absolute atomic E-state index is 0.0790. The van der Waals surface area contributed by atoms with Gasteiger partial charge in [-0.2, -0.15) is 0 Å². The highest BCUT2D eigenvalue weighted by Gasteiger charge is 2.13. The molecule has 158 valence electrons. The summed E-state index contributed by atoms with van der Waals surface area (Å²) in [5.74, 6) is 0. The minimum Gasteiger partial charge on any atom is -0.143 e. The Hall–Kier alpha value is -0.166. The quantitative estimate of drug-likeness (QED) is 0.187. The van der Waals surface area contributed by atoms with Crippen LogP contribution >= 0.6 is 22.7 Å². The molecule has 2 aromatic heterocycles. The van der Waals surface area contributed by atoms with E-state index in [-0.39, 0.29) is 19.0 Å². The Labute approximate surface area is 187 Å². The number of hydrogen-bond donors (Lipinski definition) is 0. The monoisotopic (exact) mass is 450 g/mol. The van der Waals surface area contributed by atoms with E-state index in [0.717, 1.165) is 0 Å². The second-order valence-electron chi connectivity index (χ2n) is 8.29. The highest BCUT2D eigenvalue weighted by Crippen LogP contribution is 2.26. The molecule has 4 heteroatoms. The van der Waals surface area contributed by atoms with Gasteiger partial charge in [0.05, 0.1) is 19.0 Å². The van der Waals surface area contributed by atoms with E-state index in [1.807, 2.05) is 22.7 Å². The predicted octanol–water partition coefficient (Wildman–Crippen LogP) is 6.62. The van der Waals surface area contributed by atoms with Crippen LogP contribution in [0.2, 0.25) is 12.1 Å². The second kappa shape index (κ2) is 15.6. The summed E-state index contributed by atoms with van der Waals surface area (Å²) in [5.41, 5.74) is 0. The lowest BCUT2D eigenvalue weighted by atomic mass is 10.1. The standard InChI is InChI=1S/C24H42S2Si2/c1-3-5-7-9-11-13-19-27-21-15-17-25-23(21)24-22(16-18-26-24)28-20-14-12-10-8-6-4-2/h15-18H,3-14,19-20,27-28H2,1-2H3. The Bertz CT molecular complexity index is 563. The van der Waals surface area contributed by atoms with Crippen LogP contribution in [0.25, 0.3) is 9.75 Å². The lowest BCUT2D eigenvalue weighted by Crippen LogP contribution is -2.18. The van der Waals surface area contributed by atoms with E-state index in [1.165, 1.54) is 89.1 Å². The normalized spacial score (nSPS) is 12.2. The van der Waals surface area contributed by atoms with E-state index in [4.69, 9.17) is 0 Å². The average Bonchev–Trinajstić information content (AvgIpc) is 3.35. The molecule has 0 saturated carbocycles. The lowest BCUT2D eigenvalue weighted by Gasteiger charge is -2.06. The first-order chi connectivity index (χ1) is 13.9. The van der Waals surface area contributed by atoms with Crippen molar-refractivity contribution in [2.24, 2.45) is 0 Å². The van der Waals surface area contributed by atoms with E-state index < -0.39 is 0 Å². The third-order valence-electron chi connectivity index (χ3n) is 5.80. The summed E-state index contributed by atoms with van der Waals surface area (Å²) in [6.45, 7) is 4.61. The van der Waals surface area contributed by atoms with Crippen LogP contribution in [0.1, 0.15) is 90.9 Å². The first-order valence-corrected chi connectivity index (χ1v) is 17.2. The third-order valence-corrected chi connectivity index (χ3v) is 12.4. The Morgan fingerprint density at radius 1 is 0.571 bits per heavy atom. The Balaban J connectivity index is 1.74. The number of hydrogen-bond acceptors (Lipinski definition) is 2. The van der Waals surface area contributed by atoms with Crippen LogP contribution in [-0.2, 0) is 0 Å². The molecule has 0 saturated heterocycles. The zero-order valence-corrected chi connectivity index (χ0v) is 22.9. The van der Waals surface area contributed by atoms with Gasteiger partial charge in [-0.15, -0.1) is 22.7 Å². The SMILES string of the molecule is CCCCCCCC[SiH2]c1ccsc1-c1sccc1[SiH2]CCCCCCCC. The van der Waals surface area contributed by atoms with E-state index in [0.29, 0.717) is 0 Å². The van der Waals surface area contributed by atoms with Crippen LogP contribution in [0, 0.1) is 0 Å². The fraction of sp³-hybridized carbons (Fsp3) is 0.667. The molecule has 0 bridgehead atoms. The van der Waals surface area contributed by atoms with Gasteiger partial charge >= 0.3 is 0 Å². The molecule has 2 heterocycles. The van der Waals surface area contributed by atoms with Crippen molar-refractivity contribution in [2.45, 2.75) is 103 Å². The summed E-state index contributed by atoms with van der Waals surface area (Å²) in [7, 11) is -0.158. The zero-order valence-electron chi connectivity index (χ0n) is 18.4. The van der Waals surface area contributed by atoms with Crippen molar-refractivity contribution in [1.29, 1.82) is 0 Å². The van der Waals surface area contributed by atoms with E-state index >= 15 is 0 Å². The molecule has 0 nitrogen and oxygen atoms in total. The Morgan fingerprint density at radius 3 is 1.39 bits per heavy atom. The van der Waals surface area contributed by atoms with Gasteiger partial charge < -0.3 is 0 Å². The van der Waals surface area contributed by atoms with Crippen molar-refractivity contribution in [3.63, 3.8) is 0 Å². The van der Waals surface area contributed by atoms with Crippen LogP contribution in [0.4, 0.5) is 0 Å². The molecule has 0 amide bonds. The van der Waals surface area contributed by atoms with E-state index in [2.05, 4.69) is 36.7 Å². The molecule has 2 rings (SSSR count). The van der Waals surface area contributed by atoms with Gasteiger partial charge in [-0.3, -0.25) is 0 Å². The summed E-state index contributed by atoms with van der Waals surface area (Å²) in [6, 6.07) is 7.93. The van der Waals surface area contributed by atoms with Gasteiger partial charge in [0.1, 0.15) is 0 Å². The highest BCUT2D eigenvalue weighted by atomic mass is 32.1. The fourth-order valence-electron chi connectivity index (χ4n) is 4.01. The van der Waals surface area contributed by atoms with Crippen LogP contribution in [0.3, 0.4) is 0 Å². The molecule has 0 spiro atoms. The average molecular weight is 451 g/mol. The number of rotatable bonds is 17. The maximum atomic E-state index is 2.46. The maximum Gasteiger partial charge on any atom is 0.0567 e. The van der Waals surface area contributed by atoms with Crippen molar-refractivity contribution < 1.29 is 0 Å². The van der Waals surface area contributed by atoms with Gasteiger partial charge in [-0.05, 0) is 21.1 Å². The van der Waals surface area contributed by atoms with Gasteiger partial charge in [-0.1, -0.05) is 115 Å². The van der Waals surface area contributed by atoms with Gasteiger partial charge in [0.25, 0.3) is 0 Å². The summed E-state index contributed by atoms with van der Waals surface area (Å²) in [4.78, 5) is 3.33. The van der Waals surface area contributed by atoms with Crippen molar-refractivity contribution in [1.82, 2.24) is 0 Å². The fourth-order valence-corrected chi connectivity index (χ4v) is 11.0. The molecule has 0 aliphatic rings. The molecule has 2 aromatic rings. The first kappa shape index (κ1) is 24.1. The third kappa shape index (κ3) is 9.10. The van der Waals surface area contributed by atoms with Crippen LogP contribution in [0.15, 0.2) is 22.9 Å². The number of thiophene rings is 2. The molecule has 0 radical (unpaired) electrons. The van der Waals surface area contributed by atoms with Crippen molar-refractivity contribution in [2.75, 3.05) is 0 Å². The molecule has 0 unspecified atom stereocenters. The smallest absolute Gasteiger partial charge is 0.0567 e. The van der Waals surface area contributed by atoms with Gasteiger partial charge in [0, 0.05) is 9.75 Å². The van der Waals surface area contributed by atoms with E-state index in [1.54, 1.807) is 20.1 Å². The lowest BCUT2D eigenvalue weighted by molar-refractivity contribution is 0.624. The van der Waals surface area contributed by atoms with Gasteiger partial charge in [0.15, 0.2) is 0 Å². The minimum atomic E-state index is -0.0790. The molecule has 28 heavy (non-hydrogen) atoms. The van der Waals surface area contributed by atoms with Gasteiger partial charge in [0.2, 0.25) is 0 Å². The second-order valence-corrected chi connectivity index (χ2v) is 14.1. The molecular weight excluding hydrogens is 409 g/mol. The topological polar surface area (TPSA) is 0 Å². The molecule has 0 aliphatic carbocycles. The van der Waals surface area contributed by atoms with Gasteiger partial charge in [-0.25, -0.2) is 0 Å². The molecular formula is C24H42S2Si2. The van der Waals surface area contributed by atoms with Crippen molar-refractivity contribution in [3.05, 3.63) is 22.9 Å². The largest absolute Gasteiger partial charge is 0.143 e. The first-order valence-electron chi connectivity index (χ1n) is 12.0. The van der Waals surface area contributed by atoms with E-state index in [9.17, 15) is 0 Å². The van der Waals surface area contributed by atoms with Crippen molar-refractivity contribution >= 4 is 52.1 Å². The molecule has 0 aliphatic heterocycles. The summed E-state index contributed by atoms with van der Waals surface area (Å²) < 4.78 is 0. The van der Waals surface area contributed by atoms with Crippen LogP contribution < -0.4 is 10.4 Å². The maximum absolute atomic E-state index is 2.46. The molecule has 0 N–H and O–H groups in total. The zero-order chi connectivity index (χ0) is 19.9. The molecule has 0 aromatic carbocycles. The molecule has 0 atom stereocenters. The molecule has 0 fully saturated rings. The van der Waals surface area contributed by atoms with Crippen LogP contribution in [0.5, 0.6) is 0 Å². The van der Waals surface area contributed by atoms with Crippen LogP contribution in [-0.4, -0.2) is 19.0 Å². The number of unbranched alkanes of at least 4 members (excludes halogenated alkanes) is 10. The highest BCUT2D eigenvalue weighted by molar-refractivity contribution is 7.22. The summed E-state index contributed by atoms with van der Waals surface area (Å²) in [5, 5.41) is 8.24. The Morgan fingerprint density at radius 2 is 0.964 bits per heavy atom. The summed E-state index contributed by atoms with van der Waals surface area (Å²) in [6.07, 6.45) is 17.2. The summed E-state index contributed by atoms with van der Waals surface area (Å²) >= 11 is 4.03. The predicted molar refractivity (Wildman–Crippen MR) is 140 cm³/mol. The van der Waals surface area contributed by atoms with Crippen molar-refractivity contribution in [3.8, 4) is 9.75 Å².